The monoisotopic (exact) mass is 135 g/mol. The summed E-state index contributed by atoms with van der Waals surface area (Å²) in [7, 11) is -3.27. The fourth-order valence-corrected chi connectivity index (χ4v) is 0.691. The molecule has 2 N–H and O–H groups in total. The van der Waals surface area contributed by atoms with E-state index in [1.807, 2.05) is 0 Å². The zero-order chi connectivity index (χ0) is 6.62. The smallest absolute Gasteiger partial charge is 0.212 e. The van der Waals surface area contributed by atoms with Gasteiger partial charge in [-0.3, -0.25) is 0 Å². The van der Waals surface area contributed by atoms with Crippen LogP contribution < -0.4 is 5.14 Å². The number of hydrogen-bond acceptors (Lipinski definition) is 2. The molecule has 0 aromatic heterocycles. The number of nitrogens with two attached hydrogens (primary N) is 1. The summed E-state index contributed by atoms with van der Waals surface area (Å²) in [4.78, 5) is 0. The van der Waals surface area contributed by atoms with Crippen molar-refractivity contribution in [1.29, 1.82) is 0 Å². The predicted molar refractivity (Wildman–Crippen MR) is 32.8 cm³/mol. The summed E-state index contributed by atoms with van der Waals surface area (Å²) >= 11 is 0. The molecule has 0 fully saturated rings. The Morgan fingerprint density at radius 1 is 1.62 bits per heavy atom. The van der Waals surface area contributed by atoms with Gasteiger partial charge in [0, 0.05) is 0 Å². The molecule has 0 saturated carbocycles. The van der Waals surface area contributed by atoms with Crippen LogP contribution in [0.2, 0.25) is 0 Å². The van der Waals surface area contributed by atoms with Crippen LogP contribution >= 0.6 is 0 Å². The Hall–Kier alpha value is -0.350. The van der Waals surface area contributed by atoms with Gasteiger partial charge >= 0.3 is 0 Å². The van der Waals surface area contributed by atoms with Gasteiger partial charge in [-0.1, -0.05) is 12.2 Å². The van der Waals surface area contributed by atoms with E-state index in [-0.39, 0.29) is 5.75 Å². The van der Waals surface area contributed by atoms with Gasteiger partial charge in [-0.25, -0.2) is 13.6 Å². The van der Waals surface area contributed by atoms with Gasteiger partial charge in [0.2, 0.25) is 10.0 Å². The number of hydrogen-bond donors (Lipinski definition) is 1. The van der Waals surface area contributed by atoms with E-state index in [0.717, 1.165) is 0 Å². The molecule has 0 rings (SSSR count). The van der Waals surface area contributed by atoms with Gasteiger partial charge in [0.05, 0.1) is 5.75 Å². The van der Waals surface area contributed by atoms with Gasteiger partial charge in [0.25, 0.3) is 0 Å². The van der Waals surface area contributed by atoms with E-state index in [9.17, 15) is 8.42 Å². The minimum atomic E-state index is -3.27. The second kappa shape index (κ2) is 2.84. The minimum absolute atomic E-state index is 0.0660. The fourth-order valence-electron chi connectivity index (χ4n) is 0.230. The SMILES string of the molecule is C/C=C/CS(N)(=O)=O. The average Bonchev–Trinajstić information content (AvgIpc) is 1.59. The molecular formula is C4H9NO2S. The van der Waals surface area contributed by atoms with E-state index in [4.69, 9.17) is 0 Å². The summed E-state index contributed by atoms with van der Waals surface area (Å²) in [5.41, 5.74) is 0. The average molecular weight is 135 g/mol. The Kier molecular flexibility index (Phi) is 2.71. The molecule has 0 aromatic rings. The molecule has 0 unspecified atom stereocenters. The molecule has 0 bridgehead atoms. The highest BCUT2D eigenvalue weighted by atomic mass is 32.2. The normalized spacial score (nSPS) is 12.8. The summed E-state index contributed by atoms with van der Waals surface area (Å²) in [5.74, 6) is -0.0660. The first kappa shape index (κ1) is 7.65. The standard InChI is InChI=1S/C4H9NO2S/c1-2-3-4-8(5,6)7/h2-3H,4H2,1H3,(H2,5,6,7)/b3-2+. The van der Waals surface area contributed by atoms with Crippen molar-refractivity contribution in [3.8, 4) is 0 Å². The lowest BCUT2D eigenvalue weighted by atomic mass is 10.6. The van der Waals surface area contributed by atoms with Crippen molar-refractivity contribution in [3.63, 3.8) is 0 Å². The van der Waals surface area contributed by atoms with E-state index in [0.29, 0.717) is 0 Å². The quantitative estimate of drug-likeness (QED) is 0.535. The summed E-state index contributed by atoms with van der Waals surface area (Å²) in [6.07, 6.45) is 3.14. The highest BCUT2D eigenvalue weighted by Gasteiger charge is 1.94. The van der Waals surface area contributed by atoms with E-state index < -0.39 is 10.0 Å². The summed E-state index contributed by atoms with van der Waals surface area (Å²) in [6.45, 7) is 1.74. The minimum Gasteiger partial charge on any atom is -0.228 e. The lowest BCUT2D eigenvalue weighted by Gasteiger charge is -1.85. The molecular weight excluding hydrogens is 126 g/mol. The van der Waals surface area contributed by atoms with Crippen molar-refractivity contribution in [3.05, 3.63) is 12.2 Å². The third kappa shape index (κ3) is 5.65. The second-order valence-corrected chi connectivity index (χ2v) is 3.06. The molecule has 0 radical (unpaired) electrons. The predicted octanol–water partition coefficient (Wildman–Crippen LogP) is -0.149. The molecule has 0 amide bonds. The maximum Gasteiger partial charge on any atom is 0.212 e. The summed E-state index contributed by atoms with van der Waals surface area (Å²) < 4.78 is 20.2. The van der Waals surface area contributed by atoms with Crippen LogP contribution in [0.3, 0.4) is 0 Å². The van der Waals surface area contributed by atoms with Gasteiger partial charge in [0.1, 0.15) is 0 Å². The Balaban J connectivity index is 3.76. The molecule has 0 spiro atoms. The van der Waals surface area contributed by atoms with E-state index in [1.54, 1.807) is 13.0 Å². The fraction of sp³-hybridized carbons (Fsp3) is 0.500. The molecule has 0 saturated heterocycles. The van der Waals surface area contributed by atoms with Crippen LogP contribution in [-0.2, 0) is 10.0 Å². The van der Waals surface area contributed by atoms with Gasteiger partial charge in [-0.2, -0.15) is 0 Å². The van der Waals surface area contributed by atoms with Gasteiger partial charge in [0.15, 0.2) is 0 Å². The first-order chi connectivity index (χ1) is 3.56. The van der Waals surface area contributed by atoms with Gasteiger partial charge < -0.3 is 0 Å². The van der Waals surface area contributed by atoms with Crippen molar-refractivity contribution in [2.45, 2.75) is 6.92 Å². The van der Waals surface area contributed by atoms with Crippen LogP contribution in [-0.4, -0.2) is 14.2 Å². The van der Waals surface area contributed by atoms with E-state index in [1.165, 1.54) is 6.08 Å². The van der Waals surface area contributed by atoms with Crippen LogP contribution in [0.5, 0.6) is 0 Å². The Labute approximate surface area is 49.2 Å². The van der Waals surface area contributed by atoms with Crippen LogP contribution in [0.25, 0.3) is 0 Å². The molecule has 3 nitrogen and oxygen atoms in total. The van der Waals surface area contributed by atoms with Crippen molar-refractivity contribution >= 4 is 10.0 Å². The zero-order valence-electron chi connectivity index (χ0n) is 4.66. The van der Waals surface area contributed by atoms with Crippen molar-refractivity contribution < 1.29 is 8.42 Å². The largest absolute Gasteiger partial charge is 0.228 e. The van der Waals surface area contributed by atoms with Gasteiger partial charge in [-0.15, -0.1) is 0 Å². The number of rotatable bonds is 2. The Bertz CT molecular complexity index is 168. The van der Waals surface area contributed by atoms with Crippen molar-refractivity contribution in [2.24, 2.45) is 5.14 Å². The third-order valence-electron chi connectivity index (χ3n) is 0.564. The topological polar surface area (TPSA) is 60.2 Å². The highest BCUT2D eigenvalue weighted by Crippen LogP contribution is 1.77. The van der Waals surface area contributed by atoms with Crippen LogP contribution in [0.15, 0.2) is 12.2 Å². The lowest BCUT2D eigenvalue weighted by molar-refractivity contribution is 0.600. The molecule has 0 aromatic carbocycles. The molecule has 48 valence electrons. The number of allylic oxidation sites excluding steroid dienone is 1. The van der Waals surface area contributed by atoms with Crippen molar-refractivity contribution in [1.82, 2.24) is 0 Å². The van der Waals surface area contributed by atoms with Crippen LogP contribution in [0, 0.1) is 0 Å². The molecule has 0 aliphatic rings. The maximum absolute atomic E-state index is 10.1. The highest BCUT2D eigenvalue weighted by molar-refractivity contribution is 7.89. The molecule has 0 aliphatic heterocycles. The lowest BCUT2D eigenvalue weighted by Crippen LogP contribution is -2.14. The molecule has 8 heavy (non-hydrogen) atoms. The third-order valence-corrected chi connectivity index (χ3v) is 1.22. The van der Waals surface area contributed by atoms with Crippen molar-refractivity contribution in [2.75, 3.05) is 5.75 Å². The van der Waals surface area contributed by atoms with Crippen LogP contribution in [0.4, 0.5) is 0 Å². The van der Waals surface area contributed by atoms with Crippen LogP contribution in [0.1, 0.15) is 6.92 Å². The molecule has 4 heteroatoms. The first-order valence-corrected chi connectivity index (χ1v) is 3.89. The molecule has 0 aliphatic carbocycles. The number of sulfonamides is 1. The maximum atomic E-state index is 10.1. The van der Waals surface area contributed by atoms with E-state index >= 15 is 0 Å². The summed E-state index contributed by atoms with van der Waals surface area (Å²) in [6, 6.07) is 0. The molecule has 0 heterocycles. The van der Waals surface area contributed by atoms with Gasteiger partial charge in [-0.05, 0) is 6.92 Å². The molecule has 0 atom stereocenters. The first-order valence-electron chi connectivity index (χ1n) is 2.18. The summed E-state index contributed by atoms with van der Waals surface area (Å²) in [5, 5.41) is 4.64. The number of primary sulfonamides is 1. The second-order valence-electron chi connectivity index (χ2n) is 1.40. The zero-order valence-corrected chi connectivity index (χ0v) is 5.48. The Morgan fingerprint density at radius 2 is 2.12 bits per heavy atom. The Morgan fingerprint density at radius 3 is 2.25 bits per heavy atom. The van der Waals surface area contributed by atoms with E-state index in [2.05, 4.69) is 5.14 Å².